The fourth-order valence-electron chi connectivity index (χ4n) is 2.05. The Kier molecular flexibility index (Phi) is 5.05. The van der Waals surface area contributed by atoms with Crippen LogP contribution in [0.2, 0.25) is 0 Å². The lowest BCUT2D eigenvalue weighted by Crippen LogP contribution is -2.46. The largest absolute Gasteiger partial charge is 0.396 e. The standard InChI is InChI=1S/C11H22N2O2/c1-8(6-12)11(15)13-10-5-3-2-4-9(10)7-14/h8-10,14H,2-7,12H2,1H3,(H,13,15)/t8-,9-,10-/m1/s1. The Morgan fingerprint density at radius 1 is 1.53 bits per heavy atom. The molecule has 4 N–H and O–H groups in total. The number of aliphatic hydroxyl groups excluding tert-OH is 1. The summed E-state index contributed by atoms with van der Waals surface area (Å²) in [5.41, 5.74) is 5.44. The lowest BCUT2D eigenvalue weighted by Gasteiger charge is -2.31. The summed E-state index contributed by atoms with van der Waals surface area (Å²) in [4.78, 5) is 11.6. The van der Waals surface area contributed by atoms with Gasteiger partial charge in [-0.15, -0.1) is 0 Å². The van der Waals surface area contributed by atoms with Crippen LogP contribution in [0.4, 0.5) is 0 Å². The molecule has 1 rings (SSSR count). The van der Waals surface area contributed by atoms with E-state index in [9.17, 15) is 9.90 Å². The predicted molar refractivity (Wildman–Crippen MR) is 59.2 cm³/mol. The fourth-order valence-corrected chi connectivity index (χ4v) is 2.05. The van der Waals surface area contributed by atoms with Gasteiger partial charge in [-0.1, -0.05) is 19.8 Å². The first-order valence-corrected chi connectivity index (χ1v) is 5.80. The minimum absolute atomic E-state index is 0.0165. The smallest absolute Gasteiger partial charge is 0.224 e. The van der Waals surface area contributed by atoms with Crippen molar-refractivity contribution in [2.24, 2.45) is 17.6 Å². The summed E-state index contributed by atoms with van der Waals surface area (Å²) in [5, 5.41) is 12.2. The van der Waals surface area contributed by atoms with Crippen molar-refractivity contribution in [1.29, 1.82) is 0 Å². The fraction of sp³-hybridized carbons (Fsp3) is 0.909. The summed E-state index contributed by atoms with van der Waals surface area (Å²) < 4.78 is 0. The van der Waals surface area contributed by atoms with Gasteiger partial charge in [-0.2, -0.15) is 0 Å². The molecule has 0 radical (unpaired) electrons. The zero-order chi connectivity index (χ0) is 11.3. The summed E-state index contributed by atoms with van der Waals surface area (Å²) in [6.07, 6.45) is 4.29. The van der Waals surface area contributed by atoms with Gasteiger partial charge in [-0.25, -0.2) is 0 Å². The van der Waals surface area contributed by atoms with Crippen LogP contribution in [-0.4, -0.2) is 30.2 Å². The third kappa shape index (κ3) is 3.47. The van der Waals surface area contributed by atoms with Crippen molar-refractivity contribution in [1.82, 2.24) is 5.32 Å². The lowest BCUT2D eigenvalue weighted by molar-refractivity contribution is -0.125. The number of amides is 1. The molecule has 1 fully saturated rings. The van der Waals surface area contributed by atoms with E-state index in [0.717, 1.165) is 25.7 Å². The molecule has 0 aromatic carbocycles. The Bertz CT molecular complexity index is 209. The quantitative estimate of drug-likeness (QED) is 0.628. The number of nitrogens with one attached hydrogen (secondary N) is 1. The van der Waals surface area contributed by atoms with E-state index in [4.69, 9.17) is 5.73 Å². The van der Waals surface area contributed by atoms with Crippen LogP contribution in [0.5, 0.6) is 0 Å². The van der Waals surface area contributed by atoms with Gasteiger partial charge in [-0.05, 0) is 12.8 Å². The Balaban J connectivity index is 2.44. The van der Waals surface area contributed by atoms with Crippen LogP contribution in [0, 0.1) is 11.8 Å². The third-order valence-electron chi connectivity index (χ3n) is 3.27. The van der Waals surface area contributed by atoms with Gasteiger partial charge in [-0.3, -0.25) is 4.79 Å². The molecule has 3 atom stereocenters. The average molecular weight is 214 g/mol. The number of nitrogens with two attached hydrogens (primary N) is 1. The van der Waals surface area contributed by atoms with Crippen molar-refractivity contribution in [3.63, 3.8) is 0 Å². The second-order valence-corrected chi connectivity index (χ2v) is 4.48. The van der Waals surface area contributed by atoms with E-state index in [1.807, 2.05) is 6.92 Å². The number of hydrogen-bond donors (Lipinski definition) is 3. The van der Waals surface area contributed by atoms with E-state index in [-0.39, 0.29) is 30.4 Å². The maximum atomic E-state index is 11.6. The van der Waals surface area contributed by atoms with Crippen molar-refractivity contribution < 1.29 is 9.90 Å². The lowest BCUT2D eigenvalue weighted by atomic mass is 9.85. The summed E-state index contributed by atoms with van der Waals surface area (Å²) in [6.45, 7) is 2.37. The minimum atomic E-state index is -0.133. The van der Waals surface area contributed by atoms with Gasteiger partial charge in [0, 0.05) is 31.0 Å². The highest BCUT2D eigenvalue weighted by Gasteiger charge is 2.26. The topological polar surface area (TPSA) is 75.4 Å². The van der Waals surface area contributed by atoms with E-state index in [0.29, 0.717) is 6.54 Å². The Morgan fingerprint density at radius 2 is 2.20 bits per heavy atom. The first-order valence-electron chi connectivity index (χ1n) is 5.80. The van der Waals surface area contributed by atoms with Crippen LogP contribution in [0.3, 0.4) is 0 Å². The minimum Gasteiger partial charge on any atom is -0.396 e. The van der Waals surface area contributed by atoms with Crippen LogP contribution >= 0.6 is 0 Å². The normalized spacial score (nSPS) is 28.5. The molecule has 0 aliphatic heterocycles. The number of aliphatic hydroxyl groups is 1. The molecule has 4 nitrogen and oxygen atoms in total. The molecule has 0 spiro atoms. The monoisotopic (exact) mass is 214 g/mol. The molecule has 0 bridgehead atoms. The maximum Gasteiger partial charge on any atom is 0.224 e. The summed E-state index contributed by atoms with van der Waals surface area (Å²) >= 11 is 0. The highest BCUT2D eigenvalue weighted by Crippen LogP contribution is 2.24. The van der Waals surface area contributed by atoms with Crippen LogP contribution in [0.15, 0.2) is 0 Å². The molecule has 88 valence electrons. The van der Waals surface area contributed by atoms with E-state index >= 15 is 0 Å². The molecule has 1 saturated carbocycles. The molecular formula is C11H22N2O2. The van der Waals surface area contributed by atoms with E-state index in [2.05, 4.69) is 5.32 Å². The third-order valence-corrected chi connectivity index (χ3v) is 3.27. The van der Waals surface area contributed by atoms with Gasteiger partial charge in [0.1, 0.15) is 0 Å². The molecule has 4 heteroatoms. The van der Waals surface area contributed by atoms with Gasteiger partial charge in [0.25, 0.3) is 0 Å². The van der Waals surface area contributed by atoms with Crippen molar-refractivity contribution in [2.45, 2.75) is 38.6 Å². The van der Waals surface area contributed by atoms with E-state index in [1.165, 1.54) is 0 Å². The molecular weight excluding hydrogens is 192 g/mol. The Morgan fingerprint density at radius 3 is 2.80 bits per heavy atom. The Hall–Kier alpha value is -0.610. The van der Waals surface area contributed by atoms with E-state index < -0.39 is 0 Å². The van der Waals surface area contributed by atoms with Crippen LogP contribution in [0.1, 0.15) is 32.6 Å². The van der Waals surface area contributed by atoms with Gasteiger partial charge in [0.15, 0.2) is 0 Å². The van der Waals surface area contributed by atoms with Crippen molar-refractivity contribution in [2.75, 3.05) is 13.2 Å². The second-order valence-electron chi connectivity index (χ2n) is 4.48. The highest BCUT2D eigenvalue weighted by molar-refractivity contribution is 5.78. The van der Waals surface area contributed by atoms with Gasteiger partial charge in [0.05, 0.1) is 0 Å². The second kappa shape index (κ2) is 6.08. The number of rotatable bonds is 4. The first kappa shape index (κ1) is 12.5. The molecule has 15 heavy (non-hydrogen) atoms. The molecule has 0 unspecified atom stereocenters. The molecule has 0 aromatic heterocycles. The zero-order valence-corrected chi connectivity index (χ0v) is 9.41. The van der Waals surface area contributed by atoms with Crippen LogP contribution < -0.4 is 11.1 Å². The molecule has 0 heterocycles. The average Bonchev–Trinajstić information content (AvgIpc) is 2.28. The number of carbonyl (C=O) groups is 1. The zero-order valence-electron chi connectivity index (χ0n) is 9.41. The maximum absolute atomic E-state index is 11.6. The summed E-state index contributed by atoms with van der Waals surface area (Å²) in [6, 6.07) is 0.144. The molecule has 1 aliphatic carbocycles. The molecule has 1 amide bonds. The van der Waals surface area contributed by atoms with Crippen LogP contribution in [-0.2, 0) is 4.79 Å². The van der Waals surface area contributed by atoms with Crippen molar-refractivity contribution in [3.8, 4) is 0 Å². The number of hydrogen-bond acceptors (Lipinski definition) is 3. The summed E-state index contributed by atoms with van der Waals surface area (Å²) in [5.74, 6) is 0.113. The number of carbonyl (C=O) groups excluding carboxylic acids is 1. The Labute approximate surface area is 91.2 Å². The first-order chi connectivity index (χ1) is 7.19. The predicted octanol–water partition coefficient (Wildman–Crippen LogP) is 0.249. The van der Waals surface area contributed by atoms with E-state index in [1.54, 1.807) is 0 Å². The highest BCUT2D eigenvalue weighted by atomic mass is 16.3. The van der Waals surface area contributed by atoms with Gasteiger partial charge >= 0.3 is 0 Å². The summed E-state index contributed by atoms with van der Waals surface area (Å²) in [7, 11) is 0. The van der Waals surface area contributed by atoms with Crippen molar-refractivity contribution in [3.05, 3.63) is 0 Å². The molecule has 1 aliphatic rings. The SMILES string of the molecule is C[C@H](CN)C(=O)N[C@@H]1CCCC[C@@H]1CO. The van der Waals surface area contributed by atoms with Crippen LogP contribution in [0.25, 0.3) is 0 Å². The molecule has 0 aromatic rings. The molecule has 0 saturated heterocycles. The van der Waals surface area contributed by atoms with Gasteiger partial charge in [0.2, 0.25) is 5.91 Å². The van der Waals surface area contributed by atoms with Gasteiger partial charge < -0.3 is 16.2 Å². The van der Waals surface area contributed by atoms with Crippen molar-refractivity contribution >= 4 is 5.91 Å².